The Hall–Kier alpha value is -3.17. The summed E-state index contributed by atoms with van der Waals surface area (Å²) in [6.07, 6.45) is 1.98. The summed E-state index contributed by atoms with van der Waals surface area (Å²) < 4.78 is 7.28. The molecule has 32 heavy (non-hydrogen) atoms. The Labute approximate surface area is 189 Å². The van der Waals surface area contributed by atoms with Gasteiger partial charge in [0.1, 0.15) is 0 Å². The zero-order chi connectivity index (χ0) is 22.3. The first-order valence-electron chi connectivity index (χ1n) is 10.5. The number of hydrogen-bond acceptors (Lipinski definition) is 6. The highest BCUT2D eigenvalue weighted by molar-refractivity contribution is 7.99. The molecule has 3 aromatic rings. The van der Waals surface area contributed by atoms with E-state index in [0.717, 1.165) is 30.2 Å². The number of ether oxygens (including phenoxy) is 1. The molecule has 1 unspecified atom stereocenters. The van der Waals surface area contributed by atoms with Gasteiger partial charge in [0.05, 0.1) is 35.7 Å². The highest BCUT2D eigenvalue weighted by Crippen LogP contribution is 2.20. The van der Waals surface area contributed by atoms with Gasteiger partial charge in [-0.05, 0) is 30.5 Å². The molecule has 166 valence electrons. The molecular weight excluding hydrogens is 428 g/mol. The first kappa shape index (κ1) is 22.0. The van der Waals surface area contributed by atoms with Crippen molar-refractivity contribution in [2.24, 2.45) is 0 Å². The van der Waals surface area contributed by atoms with Crippen LogP contribution in [0.15, 0.2) is 64.5 Å². The molecule has 0 spiro atoms. The lowest BCUT2D eigenvalue weighted by atomic mass is 10.1. The number of fused-ring (bicyclic) bond motifs is 1. The smallest absolute Gasteiger partial charge is 0.262 e. The van der Waals surface area contributed by atoms with E-state index in [0.29, 0.717) is 29.2 Å². The molecule has 4 rings (SSSR count). The third-order valence-electron chi connectivity index (χ3n) is 5.12. The normalized spacial score (nSPS) is 15.6. The third-order valence-corrected chi connectivity index (χ3v) is 6.09. The lowest BCUT2D eigenvalue weighted by Crippen LogP contribution is -2.43. The maximum absolute atomic E-state index is 13.1. The predicted octanol–water partition coefficient (Wildman–Crippen LogP) is 2.06. The summed E-state index contributed by atoms with van der Waals surface area (Å²) in [5, 5.41) is 0.988. The van der Waals surface area contributed by atoms with Gasteiger partial charge >= 0.3 is 0 Å². The Balaban J connectivity index is 1.40. The minimum atomic E-state index is -0.387. The van der Waals surface area contributed by atoms with Crippen LogP contribution in [0.2, 0.25) is 0 Å². The van der Waals surface area contributed by atoms with Crippen molar-refractivity contribution in [2.75, 3.05) is 12.4 Å². The number of nitrogens with zero attached hydrogens (tertiary/aromatic N) is 2. The molecule has 9 heteroatoms. The first-order chi connectivity index (χ1) is 15.6. The standard InChI is InChI=1S/C23H24N4O4S/c28-20(13-16-7-2-1-3-8-16)25-26-21(29)15-32-23-24-19-11-5-4-10-18(19)22(30)27(23)14-17-9-6-12-31-17/h1-5,7-8,10-11,17H,6,9,12-15H2,(H,25,28)(H,26,29). The van der Waals surface area contributed by atoms with Crippen LogP contribution in [0.5, 0.6) is 0 Å². The van der Waals surface area contributed by atoms with Gasteiger partial charge in [-0.2, -0.15) is 0 Å². The van der Waals surface area contributed by atoms with E-state index in [4.69, 9.17) is 4.74 Å². The van der Waals surface area contributed by atoms with E-state index in [1.54, 1.807) is 22.8 Å². The third kappa shape index (κ3) is 5.54. The molecule has 1 saturated heterocycles. The maximum atomic E-state index is 13.1. The van der Waals surface area contributed by atoms with Crippen molar-refractivity contribution in [3.05, 3.63) is 70.5 Å². The van der Waals surface area contributed by atoms with Crippen LogP contribution < -0.4 is 16.4 Å². The first-order valence-corrected chi connectivity index (χ1v) is 11.4. The van der Waals surface area contributed by atoms with E-state index >= 15 is 0 Å². The van der Waals surface area contributed by atoms with Gasteiger partial charge in [-0.3, -0.25) is 29.8 Å². The second-order valence-corrected chi connectivity index (χ2v) is 8.45. The number of benzene rings is 2. The molecule has 2 aromatic carbocycles. The van der Waals surface area contributed by atoms with Gasteiger partial charge in [0.2, 0.25) is 11.8 Å². The highest BCUT2D eigenvalue weighted by Gasteiger charge is 2.20. The number of carbonyl (C=O) groups is 2. The Morgan fingerprint density at radius 1 is 1.06 bits per heavy atom. The topological polar surface area (TPSA) is 102 Å². The summed E-state index contributed by atoms with van der Waals surface area (Å²) in [6.45, 7) is 1.09. The summed E-state index contributed by atoms with van der Waals surface area (Å²) in [6, 6.07) is 16.4. The fourth-order valence-electron chi connectivity index (χ4n) is 3.54. The van der Waals surface area contributed by atoms with Crippen LogP contribution in [0.25, 0.3) is 10.9 Å². The van der Waals surface area contributed by atoms with Gasteiger partial charge in [-0.25, -0.2) is 4.98 Å². The molecule has 0 bridgehead atoms. The van der Waals surface area contributed by atoms with E-state index in [-0.39, 0.29) is 35.7 Å². The fraction of sp³-hybridized carbons (Fsp3) is 0.304. The van der Waals surface area contributed by atoms with Crippen molar-refractivity contribution >= 4 is 34.5 Å². The second kappa shape index (κ2) is 10.4. The van der Waals surface area contributed by atoms with Crippen LogP contribution in [-0.4, -0.2) is 39.8 Å². The number of thioether (sulfide) groups is 1. The number of rotatable bonds is 7. The zero-order valence-electron chi connectivity index (χ0n) is 17.5. The lowest BCUT2D eigenvalue weighted by molar-refractivity contribution is -0.127. The Kier molecular flexibility index (Phi) is 7.18. The molecule has 0 saturated carbocycles. The number of aromatic nitrogens is 2. The van der Waals surface area contributed by atoms with Crippen LogP contribution in [0.1, 0.15) is 18.4 Å². The fourth-order valence-corrected chi connectivity index (χ4v) is 4.35. The van der Waals surface area contributed by atoms with E-state index in [2.05, 4.69) is 15.8 Å². The molecule has 2 N–H and O–H groups in total. The van der Waals surface area contributed by atoms with Crippen molar-refractivity contribution in [2.45, 2.75) is 37.1 Å². The molecule has 1 aliphatic rings. The van der Waals surface area contributed by atoms with E-state index < -0.39 is 0 Å². The molecule has 2 amide bonds. The molecule has 2 heterocycles. The summed E-state index contributed by atoms with van der Waals surface area (Å²) in [7, 11) is 0. The van der Waals surface area contributed by atoms with Crippen molar-refractivity contribution in [1.82, 2.24) is 20.4 Å². The number of carbonyl (C=O) groups excluding carboxylic acids is 2. The van der Waals surface area contributed by atoms with Crippen LogP contribution in [0.4, 0.5) is 0 Å². The summed E-state index contributed by atoms with van der Waals surface area (Å²) >= 11 is 1.16. The van der Waals surface area contributed by atoms with Crippen molar-refractivity contribution in [1.29, 1.82) is 0 Å². The minimum absolute atomic E-state index is 0.00191. The van der Waals surface area contributed by atoms with E-state index in [1.807, 2.05) is 36.4 Å². The molecule has 8 nitrogen and oxygen atoms in total. The molecule has 1 atom stereocenters. The van der Waals surface area contributed by atoms with Gasteiger partial charge in [0.15, 0.2) is 5.16 Å². The molecule has 1 fully saturated rings. The SMILES string of the molecule is O=C(CSc1nc2ccccc2c(=O)n1CC1CCCO1)NNC(=O)Cc1ccccc1. The minimum Gasteiger partial charge on any atom is -0.376 e. The number of nitrogens with one attached hydrogen (secondary N) is 2. The van der Waals surface area contributed by atoms with Crippen molar-refractivity contribution in [3.63, 3.8) is 0 Å². The number of para-hydroxylation sites is 1. The second-order valence-electron chi connectivity index (χ2n) is 7.51. The number of hydrazine groups is 1. The Morgan fingerprint density at radius 2 is 1.81 bits per heavy atom. The van der Waals surface area contributed by atoms with Gasteiger partial charge < -0.3 is 4.74 Å². The van der Waals surface area contributed by atoms with Crippen LogP contribution >= 0.6 is 11.8 Å². The Bertz CT molecular complexity index is 1160. The molecule has 1 aliphatic heterocycles. The highest BCUT2D eigenvalue weighted by atomic mass is 32.2. The molecule has 0 aliphatic carbocycles. The van der Waals surface area contributed by atoms with Crippen LogP contribution in [0.3, 0.4) is 0 Å². The van der Waals surface area contributed by atoms with Crippen LogP contribution in [0, 0.1) is 0 Å². The molecule has 1 aromatic heterocycles. The lowest BCUT2D eigenvalue weighted by Gasteiger charge is -2.16. The van der Waals surface area contributed by atoms with E-state index in [1.165, 1.54) is 0 Å². The average molecular weight is 453 g/mol. The van der Waals surface area contributed by atoms with Crippen LogP contribution in [-0.2, 0) is 27.3 Å². The Morgan fingerprint density at radius 3 is 2.59 bits per heavy atom. The number of hydrogen-bond donors (Lipinski definition) is 2. The maximum Gasteiger partial charge on any atom is 0.262 e. The van der Waals surface area contributed by atoms with E-state index in [9.17, 15) is 14.4 Å². The summed E-state index contributed by atoms with van der Waals surface area (Å²) in [4.78, 5) is 42.0. The van der Waals surface area contributed by atoms with Crippen molar-refractivity contribution < 1.29 is 14.3 Å². The average Bonchev–Trinajstić information content (AvgIpc) is 3.32. The molecule has 0 radical (unpaired) electrons. The van der Waals surface area contributed by atoms with Gasteiger partial charge in [-0.15, -0.1) is 0 Å². The summed E-state index contributed by atoms with van der Waals surface area (Å²) in [5.74, 6) is -0.696. The largest absolute Gasteiger partial charge is 0.376 e. The molecular formula is C23H24N4O4S. The zero-order valence-corrected chi connectivity index (χ0v) is 18.3. The van der Waals surface area contributed by atoms with Crippen molar-refractivity contribution in [3.8, 4) is 0 Å². The summed E-state index contributed by atoms with van der Waals surface area (Å²) in [5.41, 5.74) is 6.13. The quantitative estimate of drug-likeness (QED) is 0.323. The van der Waals surface area contributed by atoms with Gasteiger partial charge in [0, 0.05) is 6.61 Å². The van der Waals surface area contributed by atoms with Gasteiger partial charge in [-0.1, -0.05) is 54.2 Å². The number of amides is 2. The predicted molar refractivity (Wildman–Crippen MR) is 122 cm³/mol. The monoisotopic (exact) mass is 452 g/mol. The van der Waals surface area contributed by atoms with Gasteiger partial charge in [0.25, 0.3) is 5.56 Å².